The summed E-state index contributed by atoms with van der Waals surface area (Å²) < 4.78 is 5.05. The number of thiazole rings is 1. The molecular formula is C11H16N2O3S. The van der Waals surface area contributed by atoms with Gasteiger partial charge in [0.05, 0.1) is 17.8 Å². The normalized spacial score (nSPS) is 10.0. The number of hydrogen-bond acceptors (Lipinski definition) is 5. The van der Waals surface area contributed by atoms with Crippen molar-refractivity contribution in [1.82, 2.24) is 10.3 Å². The van der Waals surface area contributed by atoms with Crippen LogP contribution in [-0.4, -0.2) is 30.0 Å². The van der Waals surface area contributed by atoms with E-state index in [4.69, 9.17) is 4.74 Å². The number of aromatic nitrogens is 1. The minimum atomic E-state index is -0.343. The van der Waals surface area contributed by atoms with Crippen molar-refractivity contribution in [2.75, 3.05) is 13.2 Å². The Hall–Kier alpha value is -1.43. The van der Waals surface area contributed by atoms with E-state index in [2.05, 4.69) is 10.3 Å². The van der Waals surface area contributed by atoms with E-state index in [0.29, 0.717) is 24.4 Å². The Morgan fingerprint density at radius 3 is 2.88 bits per heavy atom. The molecule has 0 aliphatic heterocycles. The minimum absolute atomic E-state index is 0.0774. The molecule has 0 fully saturated rings. The molecule has 0 saturated carbocycles. The van der Waals surface area contributed by atoms with Crippen LogP contribution in [-0.2, 0) is 16.0 Å². The van der Waals surface area contributed by atoms with Crippen LogP contribution in [0.2, 0.25) is 0 Å². The van der Waals surface area contributed by atoms with Gasteiger partial charge < -0.3 is 10.1 Å². The molecule has 0 unspecified atom stereocenters. The Labute approximate surface area is 104 Å². The molecule has 1 amide bonds. The zero-order chi connectivity index (χ0) is 12.7. The van der Waals surface area contributed by atoms with Gasteiger partial charge in [-0.3, -0.25) is 4.79 Å². The van der Waals surface area contributed by atoms with E-state index in [1.54, 1.807) is 6.20 Å². The zero-order valence-electron chi connectivity index (χ0n) is 9.99. The molecule has 17 heavy (non-hydrogen) atoms. The third-order valence-corrected chi connectivity index (χ3v) is 3.11. The Balaban J connectivity index is 2.23. The molecule has 6 heteroatoms. The van der Waals surface area contributed by atoms with Gasteiger partial charge in [-0.2, -0.15) is 0 Å². The van der Waals surface area contributed by atoms with Gasteiger partial charge in [0, 0.05) is 13.5 Å². The monoisotopic (exact) mass is 256 g/mol. The molecule has 1 N–H and O–H groups in total. The molecule has 1 rings (SSSR count). The van der Waals surface area contributed by atoms with Gasteiger partial charge in [-0.05, 0) is 12.8 Å². The van der Waals surface area contributed by atoms with Crippen LogP contribution in [0.3, 0.4) is 0 Å². The van der Waals surface area contributed by atoms with Gasteiger partial charge in [0.2, 0.25) is 5.91 Å². The average Bonchev–Trinajstić information content (AvgIpc) is 2.76. The third kappa shape index (κ3) is 4.95. The predicted molar refractivity (Wildman–Crippen MR) is 65.1 cm³/mol. The van der Waals surface area contributed by atoms with Gasteiger partial charge in [-0.1, -0.05) is 6.92 Å². The highest BCUT2D eigenvalue weighted by Crippen LogP contribution is 2.14. The van der Waals surface area contributed by atoms with Crippen LogP contribution in [0, 0.1) is 0 Å². The summed E-state index contributed by atoms with van der Waals surface area (Å²) in [5, 5.41) is 3.56. The van der Waals surface area contributed by atoms with Gasteiger partial charge in [-0.15, -0.1) is 11.3 Å². The number of carbonyl (C=O) groups is 2. The van der Waals surface area contributed by atoms with E-state index in [9.17, 15) is 9.59 Å². The topological polar surface area (TPSA) is 68.3 Å². The average molecular weight is 256 g/mol. The fraction of sp³-hybridized carbons (Fsp3) is 0.545. The van der Waals surface area contributed by atoms with E-state index >= 15 is 0 Å². The van der Waals surface area contributed by atoms with Crippen LogP contribution in [0.5, 0.6) is 0 Å². The maximum absolute atomic E-state index is 11.5. The summed E-state index contributed by atoms with van der Waals surface area (Å²) >= 11 is 1.35. The standard InChI is InChI=1S/C11H16N2O3S/c1-3-10-13-7-9(17-10)11(15)16-6-4-5-12-8(2)14/h7H,3-6H2,1-2H3,(H,12,14). The highest BCUT2D eigenvalue weighted by Gasteiger charge is 2.10. The Morgan fingerprint density at radius 1 is 1.53 bits per heavy atom. The Kier molecular flexibility index (Phi) is 5.62. The van der Waals surface area contributed by atoms with Crippen LogP contribution in [0.4, 0.5) is 0 Å². The molecule has 1 aromatic heterocycles. The van der Waals surface area contributed by atoms with Crippen molar-refractivity contribution in [3.63, 3.8) is 0 Å². The molecule has 0 bridgehead atoms. The lowest BCUT2D eigenvalue weighted by atomic mass is 10.4. The quantitative estimate of drug-likeness (QED) is 0.617. The van der Waals surface area contributed by atoms with E-state index in [1.165, 1.54) is 18.3 Å². The van der Waals surface area contributed by atoms with Crippen molar-refractivity contribution in [3.8, 4) is 0 Å². The fourth-order valence-corrected chi connectivity index (χ4v) is 1.89. The molecule has 94 valence electrons. The number of esters is 1. The van der Waals surface area contributed by atoms with Gasteiger partial charge in [0.25, 0.3) is 0 Å². The van der Waals surface area contributed by atoms with E-state index in [-0.39, 0.29) is 11.9 Å². The molecule has 1 aromatic rings. The molecule has 0 saturated heterocycles. The molecule has 0 aliphatic carbocycles. The second kappa shape index (κ2) is 7.01. The van der Waals surface area contributed by atoms with Crippen molar-refractivity contribution in [1.29, 1.82) is 0 Å². The first-order chi connectivity index (χ1) is 8.13. The molecule has 0 atom stereocenters. The van der Waals surface area contributed by atoms with E-state index in [1.807, 2.05) is 6.92 Å². The maximum Gasteiger partial charge on any atom is 0.349 e. The smallest absolute Gasteiger partial charge is 0.349 e. The Morgan fingerprint density at radius 2 is 2.29 bits per heavy atom. The van der Waals surface area contributed by atoms with Gasteiger partial charge >= 0.3 is 5.97 Å². The summed E-state index contributed by atoms with van der Waals surface area (Å²) in [6, 6.07) is 0. The van der Waals surface area contributed by atoms with E-state index in [0.717, 1.165) is 11.4 Å². The van der Waals surface area contributed by atoms with E-state index < -0.39 is 0 Å². The number of nitrogens with one attached hydrogen (secondary N) is 1. The van der Waals surface area contributed by atoms with Crippen LogP contribution in [0.1, 0.15) is 34.9 Å². The highest BCUT2D eigenvalue weighted by molar-refractivity contribution is 7.13. The van der Waals surface area contributed by atoms with Crippen molar-refractivity contribution in [2.45, 2.75) is 26.7 Å². The lowest BCUT2D eigenvalue weighted by Gasteiger charge is -2.03. The van der Waals surface area contributed by atoms with Gasteiger partial charge in [0.1, 0.15) is 4.88 Å². The predicted octanol–water partition coefficient (Wildman–Crippen LogP) is 1.39. The number of aryl methyl sites for hydroxylation is 1. The Bertz CT molecular complexity index is 390. The summed E-state index contributed by atoms with van der Waals surface area (Å²) in [6.45, 7) is 4.26. The highest BCUT2D eigenvalue weighted by atomic mass is 32.1. The maximum atomic E-state index is 11.5. The summed E-state index contributed by atoms with van der Waals surface area (Å²) in [7, 11) is 0. The van der Waals surface area contributed by atoms with Crippen LogP contribution in [0.15, 0.2) is 6.20 Å². The molecular weight excluding hydrogens is 240 g/mol. The van der Waals surface area contributed by atoms with Crippen molar-refractivity contribution < 1.29 is 14.3 Å². The molecule has 0 spiro atoms. The summed E-state index contributed by atoms with van der Waals surface area (Å²) in [5.41, 5.74) is 0. The SMILES string of the molecule is CCc1ncc(C(=O)OCCCNC(C)=O)s1. The zero-order valence-corrected chi connectivity index (χ0v) is 10.8. The van der Waals surface area contributed by atoms with Gasteiger partial charge in [-0.25, -0.2) is 9.78 Å². The second-order valence-corrected chi connectivity index (χ2v) is 4.56. The van der Waals surface area contributed by atoms with Crippen molar-refractivity contribution in [2.24, 2.45) is 0 Å². The first-order valence-electron chi connectivity index (χ1n) is 5.49. The number of hydrogen-bond donors (Lipinski definition) is 1. The third-order valence-electron chi connectivity index (χ3n) is 1.99. The summed E-state index contributed by atoms with van der Waals surface area (Å²) in [5.74, 6) is -0.420. The fourth-order valence-electron chi connectivity index (χ4n) is 1.14. The van der Waals surface area contributed by atoms with Crippen LogP contribution in [0.25, 0.3) is 0 Å². The first kappa shape index (κ1) is 13.6. The molecule has 0 aliphatic rings. The molecule has 5 nitrogen and oxygen atoms in total. The number of rotatable bonds is 6. The van der Waals surface area contributed by atoms with Crippen molar-refractivity contribution >= 4 is 23.2 Å². The number of ether oxygens (including phenoxy) is 1. The molecule has 0 aromatic carbocycles. The lowest BCUT2D eigenvalue weighted by molar-refractivity contribution is -0.118. The minimum Gasteiger partial charge on any atom is -0.461 e. The number of carbonyl (C=O) groups excluding carboxylic acids is 2. The summed E-state index contributed by atoms with van der Waals surface area (Å²) in [4.78, 5) is 26.7. The summed E-state index contributed by atoms with van der Waals surface area (Å²) in [6.07, 6.45) is 2.98. The van der Waals surface area contributed by atoms with Crippen LogP contribution < -0.4 is 5.32 Å². The number of amides is 1. The first-order valence-corrected chi connectivity index (χ1v) is 6.31. The molecule has 1 heterocycles. The molecule has 0 radical (unpaired) electrons. The van der Waals surface area contributed by atoms with Gasteiger partial charge in [0.15, 0.2) is 0 Å². The van der Waals surface area contributed by atoms with Crippen LogP contribution >= 0.6 is 11.3 Å². The van der Waals surface area contributed by atoms with Crippen molar-refractivity contribution in [3.05, 3.63) is 16.1 Å². The largest absolute Gasteiger partial charge is 0.461 e. The number of nitrogens with zero attached hydrogens (tertiary/aromatic N) is 1. The lowest BCUT2D eigenvalue weighted by Crippen LogP contribution is -2.22. The second-order valence-electron chi connectivity index (χ2n) is 3.44.